The van der Waals surface area contributed by atoms with Crippen LogP contribution in [0.15, 0.2) is 36.4 Å². The van der Waals surface area contributed by atoms with Crippen molar-refractivity contribution in [3.63, 3.8) is 0 Å². The molecule has 0 bridgehead atoms. The summed E-state index contributed by atoms with van der Waals surface area (Å²) in [5, 5.41) is 4.72. The van der Waals surface area contributed by atoms with Crippen molar-refractivity contribution in [2.24, 2.45) is 7.05 Å². The highest BCUT2D eigenvalue weighted by Crippen LogP contribution is 2.31. The van der Waals surface area contributed by atoms with Gasteiger partial charge in [-0.2, -0.15) is 0 Å². The zero-order chi connectivity index (χ0) is 22.7. The van der Waals surface area contributed by atoms with Gasteiger partial charge in [0.25, 0.3) is 0 Å². The van der Waals surface area contributed by atoms with E-state index in [0.29, 0.717) is 42.6 Å². The van der Waals surface area contributed by atoms with Crippen LogP contribution in [0.4, 0.5) is 11.1 Å². The number of aromatic nitrogens is 3. The number of aryl methyl sites for hydroxylation is 1. The summed E-state index contributed by atoms with van der Waals surface area (Å²) in [6.07, 6.45) is 1.17. The number of carbonyl (C=O) groups excluding carboxylic acids is 1. The number of carbonyl (C=O) groups is 1. The van der Waals surface area contributed by atoms with E-state index in [1.165, 1.54) is 11.3 Å². The first kappa shape index (κ1) is 22.7. The van der Waals surface area contributed by atoms with Gasteiger partial charge in [-0.05, 0) is 56.9 Å². The molecule has 9 heteroatoms. The van der Waals surface area contributed by atoms with Gasteiger partial charge in [-0.25, -0.2) is 9.97 Å². The molecule has 0 saturated carbocycles. The van der Waals surface area contributed by atoms with Crippen LogP contribution in [0.2, 0.25) is 5.02 Å². The summed E-state index contributed by atoms with van der Waals surface area (Å²) >= 11 is 7.60. The number of likely N-dealkylation sites (N-methyl/N-ethyl adjacent to an activating group) is 1. The zero-order valence-electron chi connectivity index (χ0n) is 18.4. The molecule has 0 fully saturated rings. The maximum absolute atomic E-state index is 12.6. The monoisotopic (exact) mass is 471 g/mol. The van der Waals surface area contributed by atoms with Gasteiger partial charge in [0.2, 0.25) is 5.95 Å². The number of nitrogens with zero attached hydrogens (tertiary/aromatic N) is 4. The predicted molar refractivity (Wildman–Crippen MR) is 132 cm³/mol. The lowest BCUT2D eigenvalue weighted by atomic mass is 10.1. The molecule has 4 rings (SSSR count). The first-order chi connectivity index (χ1) is 15.4. The Morgan fingerprint density at radius 3 is 2.81 bits per heavy atom. The molecule has 168 valence electrons. The van der Waals surface area contributed by atoms with Crippen LogP contribution < -0.4 is 5.32 Å². The number of benzene rings is 2. The molecule has 0 unspecified atom stereocenters. The Balaban J connectivity index is 1.42. The van der Waals surface area contributed by atoms with Crippen LogP contribution in [-0.2, 0) is 11.8 Å². The lowest BCUT2D eigenvalue weighted by Gasteiger charge is -2.09. The molecule has 0 atom stereocenters. The molecule has 0 spiro atoms. The molecule has 0 radical (unpaired) electrons. The normalized spacial score (nSPS) is 11.7. The zero-order valence-corrected chi connectivity index (χ0v) is 20.0. The number of fused-ring (bicyclic) bond motifs is 2. The van der Waals surface area contributed by atoms with Gasteiger partial charge in [-0.1, -0.05) is 22.9 Å². The van der Waals surface area contributed by atoms with Gasteiger partial charge < -0.3 is 19.5 Å². The molecule has 7 nitrogen and oxygen atoms in total. The van der Waals surface area contributed by atoms with Crippen molar-refractivity contribution in [2.45, 2.75) is 12.8 Å². The number of ether oxygens (including phenoxy) is 1. The third kappa shape index (κ3) is 5.27. The molecule has 2 heterocycles. The number of nitrogens with one attached hydrogen (secondary N) is 1. The Bertz CT molecular complexity index is 1250. The summed E-state index contributed by atoms with van der Waals surface area (Å²) in [6, 6.07) is 11.3. The molecular formula is C23H26ClN5O2S. The van der Waals surface area contributed by atoms with E-state index >= 15 is 0 Å². The van der Waals surface area contributed by atoms with E-state index in [1.807, 2.05) is 62.1 Å². The van der Waals surface area contributed by atoms with Crippen molar-refractivity contribution >= 4 is 61.1 Å². The van der Waals surface area contributed by atoms with Crippen LogP contribution in [-0.4, -0.2) is 59.1 Å². The van der Waals surface area contributed by atoms with Gasteiger partial charge in [0.1, 0.15) is 0 Å². The summed E-state index contributed by atoms with van der Waals surface area (Å²) in [4.78, 5) is 24.0. The standard InChI is InChI=1S/C23H26ClN5O2S/c1-28(2)10-12-31-11-4-5-20(30)15-6-9-19-18(13-15)25-22(29(19)3)27-23-26-17-8-7-16(24)14-21(17)32-23/h6-9,13-14H,4-5,10-12H2,1-3H3,(H,25,26,27). The number of halogens is 1. The largest absolute Gasteiger partial charge is 0.380 e. The second kappa shape index (κ2) is 9.95. The maximum Gasteiger partial charge on any atom is 0.209 e. The number of imidazole rings is 1. The Hall–Kier alpha value is -2.52. The molecule has 0 saturated heterocycles. The minimum absolute atomic E-state index is 0.103. The Labute approximate surface area is 196 Å². The lowest BCUT2D eigenvalue weighted by molar-refractivity contribution is 0.0918. The number of ketones is 1. The predicted octanol–water partition coefficient (Wildman–Crippen LogP) is 5.12. The van der Waals surface area contributed by atoms with Crippen LogP contribution in [0.1, 0.15) is 23.2 Å². The summed E-state index contributed by atoms with van der Waals surface area (Å²) in [5.41, 5.74) is 3.27. The van der Waals surface area contributed by atoms with Gasteiger partial charge in [0, 0.05) is 37.2 Å². The fourth-order valence-corrected chi connectivity index (χ4v) is 4.50. The highest BCUT2D eigenvalue weighted by molar-refractivity contribution is 7.22. The average Bonchev–Trinajstić information content (AvgIpc) is 3.29. The Morgan fingerprint density at radius 2 is 2.00 bits per heavy atom. The van der Waals surface area contributed by atoms with Crippen molar-refractivity contribution in [3.8, 4) is 0 Å². The van der Waals surface area contributed by atoms with Crippen LogP contribution in [0.3, 0.4) is 0 Å². The van der Waals surface area contributed by atoms with E-state index in [-0.39, 0.29) is 5.78 Å². The molecule has 0 aliphatic rings. The van der Waals surface area contributed by atoms with E-state index < -0.39 is 0 Å². The van der Waals surface area contributed by atoms with Crippen molar-refractivity contribution in [2.75, 3.05) is 39.2 Å². The van der Waals surface area contributed by atoms with Gasteiger partial charge in [0.05, 0.1) is 27.9 Å². The molecule has 32 heavy (non-hydrogen) atoms. The summed E-state index contributed by atoms with van der Waals surface area (Å²) < 4.78 is 8.55. The fraction of sp³-hybridized carbons (Fsp3) is 0.348. The van der Waals surface area contributed by atoms with Gasteiger partial charge >= 0.3 is 0 Å². The number of anilines is 2. The minimum atomic E-state index is 0.103. The highest BCUT2D eigenvalue weighted by atomic mass is 35.5. The van der Waals surface area contributed by atoms with Crippen molar-refractivity contribution in [3.05, 3.63) is 47.0 Å². The number of hydrogen-bond donors (Lipinski definition) is 1. The molecule has 2 aromatic carbocycles. The van der Waals surface area contributed by atoms with Crippen LogP contribution >= 0.6 is 22.9 Å². The Morgan fingerprint density at radius 1 is 1.16 bits per heavy atom. The van der Waals surface area contributed by atoms with E-state index in [2.05, 4.69) is 20.2 Å². The quantitative estimate of drug-likeness (QED) is 0.255. The molecule has 0 amide bonds. The molecular weight excluding hydrogens is 446 g/mol. The summed E-state index contributed by atoms with van der Waals surface area (Å²) in [6.45, 7) is 2.15. The third-order valence-corrected chi connectivity index (χ3v) is 6.32. The van der Waals surface area contributed by atoms with E-state index in [9.17, 15) is 4.79 Å². The SMILES string of the molecule is CN(C)CCOCCCC(=O)c1ccc2c(c1)nc(Nc1nc3ccc(Cl)cc3s1)n2C. The fourth-order valence-electron chi connectivity index (χ4n) is 3.36. The number of thiazole rings is 1. The van der Waals surface area contributed by atoms with E-state index in [1.54, 1.807) is 0 Å². The Kier molecular flexibility index (Phi) is 7.05. The summed E-state index contributed by atoms with van der Waals surface area (Å²) in [5.74, 6) is 0.773. The first-order valence-electron chi connectivity index (χ1n) is 10.5. The van der Waals surface area contributed by atoms with Crippen molar-refractivity contribution in [1.29, 1.82) is 0 Å². The van der Waals surface area contributed by atoms with Crippen LogP contribution in [0, 0.1) is 0 Å². The van der Waals surface area contributed by atoms with Gasteiger partial charge in [-0.15, -0.1) is 0 Å². The number of hydrogen-bond acceptors (Lipinski definition) is 7. The maximum atomic E-state index is 12.6. The second-order valence-electron chi connectivity index (χ2n) is 7.90. The van der Waals surface area contributed by atoms with Crippen molar-refractivity contribution in [1.82, 2.24) is 19.4 Å². The highest BCUT2D eigenvalue weighted by Gasteiger charge is 2.13. The van der Waals surface area contributed by atoms with Crippen LogP contribution in [0.25, 0.3) is 21.3 Å². The molecule has 0 aliphatic carbocycles. The molecule has 1 N–H and O–H groups in total. The number of Topliss-reactive ketones (excluding diaryl/α,β-unsaturated/α-hetero) is 1. The molecule has 4 aromatic rings. The number of rotatable bonds is 10. The van der Waals surface area contributed by atoms with Crippen molar-refractivity contribution < 1.29 is 9.53 Å². The topological polar surface area (TPSA) is 72.3 Å². The second-order valence-corrected chi connectivity index (χ2v) is 9.36. The third-order valence-electron chi connectivity index (χ3n) is 5.15. The van der Waals surface area contributed by atoms with E-state index in [4.69, 9.17) is 16.3 Å². The summed E-state index contributed by atoms with van der Waals surface area (Å²) in [7, 11) is 5.96. The molecule has 2 aromatic heterocycles. The minimum Gasteiger partial charge on any atom is -0.380 e. The van der Waals surface area contributed by atoms with Gasteiger partial charge in [-0.3, -0.25) is 4.79 Å². The van der Waals surface area contributed by atoms with Gasteiger partial charge in [0.15, 0.2) is 10.9 Å². The van der Waals surface area contributed by atoms with E-state index in [0.717, 1.165) is 32.9 Å². The average molecular weight is 472 g/mol. The first-order valence-corrected chi connectivity index (χ1v) is 11.7. The molecule has 0 aliphatic heterocycles. The smallest absolute Gasteiger partial charge is 0.209 e. The lowest BCUT2D eigenvalue weighted by Crippen LogP contribution is -2.18. The van der Waals surface area contributed by atoms with Crippen LogP contribution in [0.5, 0.6) is 0 Å².